The Hall–Kier alpha value is -3.48. The number of nitrogens with one attached hydrogen (secondary N) is 1. The summed E-state index contributed by atoms with van der Waals surface area (Å²) in [6.07, 6.45) is -0.639. The molecule has 7 heteroatoms. The lowest BCUT2D eigenvalue weighted by Gasteiger charge is -2.20. The number of carbonyl (C=O) groups is 1. The minimum atomic E-state index is -0.657. The molecule has 138 valence electrons. The molecule has 1 N–H and O–H groups in total. The summed E-state index contributed by atoms with van der Waals surface area (Å²) in [5.41, 5.74) is 0.0615. The molecule has 1 aromatic heterocycles. The monoisotopic (exact) mass is 365 g/mol. The third kappa shape index (κ3) is 4.20. The van der Waals surface area contributed by atoms with Crippen LogP contribution < -0.4 is 5.32 Å². The molecule has 3 rings (SSSR count). The number of nitro benzene ring substituents is 1. The third-order valence-corrected chi connectivity index (χ3v) is 3.74. The molecular formula is C20H19N3O4. The van der Waals surface area contributed by atoms with Gasteiger partial charge in [-0.3, -0.25) is 15.4 Å². The minimum absolute atomic E-state index is 0.0523. The summed E-state index contributed by atoms with van der Waals surface area (Å²) in [5, 5.41) is 15.5. The lowest BCUT2D eigenvalue weighted by molar-refractivity contribution is -0.384. The van der Waals surface area contributed by atoms with E-state index < -0.39 is 16.6 Å². The van der Waals surface area contributed by atoms with Crippen molar-refractivity contribution in [3.63, 3.8) is 0 Å². The van der Waals surface area contributed by atoms with Gasteiger partial charge in [-0.05, 0) is 38.3 Å². The number of pyridine rings is 1. The first-order valence-corrected chi connectivity index (χ1v) is 8.38. The van der Waals surface area contributed by atoms with Crippen molar-refractivity contribution in [2.75, 3.05) is 5.32 Å². The second-order valence-electron chi connectivity index (χ2n) is 6.98. The molecule has 27 heavy (non-hydrogen) atoms. The zero-order valence-corrected chi connectivity index (χ0v) is 15.2. The number of amides is 1. The summed E-state index contributed by atoms with van der Waals surface area (Å²) < 4.78 is 5.30. The van der Waals surface area contributed by atoms with E-state index in [4.69, 9.17) is 4.74 Å². The van der Waals surface area contributed by atoms with Gasteiger partial charge in [0.1, 0.15) is 11.4 Å². The van der Waals surface area contributed by atoms with E-state index in [1.165, 1.54) is 6.07 Å². The first-order chi connectivity index (χ1) is 12.7. The van der Waals surface area contributed by atoms with E-state index >= 15 is 0 Å². The van der Waals surface area contributed by atoms with Crippen LogP contribution in [0.25, 0.3) is 22.0 Å². The van der Waals surface area contributed by atoms with Crippen LogP contribution in [0.1, 0.15) is 20.8 Å². The van der Waals surface area contributed by atoms with Gasteiger partial charge in [-0.1, -0.05) is 36.4 Å². The number of nitro groups is 1. The van der Waals surface area contributed by atoms with Crippen LogP contribution in [0.2, 0.25) is 0 Å². The zero-order chi connectivity index (χ0) is 19.6. The number of aromatic nitrogens is 1. The quantitative estimate of drug-likeness (QED) is 0.511. The smallest absolute Gasteiger partial charge is 0.413 e. The number of fused-ring (bicyclic) bond motifs is 1. The van der Waals surface area contributed by atoms with Crippen LogP contribution in [0.15, 0.2) is 54.6 Å². The molecule has 0 radical (unpaired) electrons. The van der Waals surface area contributed by atoms with Crippen molar-refractivity contribution in [3.05, 3.63) is 64.7 Å². The zero-order valence-electron chi connectivity index (χ0n) is 15.2. The van der Waals surface area contributed by atoms with Crippen LogP contribution in [-0.2, 0) is 4.74 Å². The summed E-state index contributed by atoms with van der Waals surface area (Å²) >= 11 is 0. The van der Waals surface area contributed by atoms with Gasteiger partial charge in [0.2, 0.25) is 0 Å². The Morgan fingerprint density at radius 2 is 1.78 bits per heavy atom. The number of rotatable bonds is 3. The van der Waals surface area contributed by atoms with E-state index in [1.54, 1.807) is 45.0 Å². The number of nitrogens with zero attached hydrogens (tertiary/aromatic N) is 2. The molecule has 0 fully saturated rings. The number of ether oxygens (including phenoxy) is 1. The molecule has 7 nitrogen and oxygen atoms in total. The van der Waals surface area contributed by atoms with Gasteiger partial charge in [0, 0.05) is 11.5 Å². The molecule has 0 aliphatic carbocycles. The van der Waals surface area contributed by atoms with Crippen molar-refractivity contribution in [3.8, 4) is 11.3 Å². The van der Waals surface area contributed by atoms with Crippen molar-refractivity contribution in [1.29, 1.82) is 0 Å². The molecule has 3 aromatic rings. The fourth-order valence-electron chi connectivity index (χ4n) is 2.68. The van der Waals surface area contributed by atoms with E-state index in [2.05, 4.69) is 10.3 Å². The van der Waals surface area contributed by atoms with Crippen molar-refractivity contribution in [2.24, 2.45) is 0 Å². The van der Waals surface area contributed by atoms with Crippen LogP contribution in [0.3, 0.4) is 0 Å². The Bertz CT molecular complexity index is 1030. The highest BCUT2D eigenvalue weighted by atomic mass is 16.6. The van der Waals surface area contributed by atoms with Gasteiger partial charge in [0.25, 0.3) is 5.69 Å². The first kappa shape index (κ1) is 18.3. The molecular weight excluding hydrogens is 346 g/mol. The molecule has 0 saturated heterocycles. The standard InChI is InChI=1S/C20H19N3O4/c1-20(2,3)27-19(24)22-18-14-9-5-4-8-13(14)12-16(21-18)15-10-6-7-11-17(15)23(25)26/h4-12H,1-3H3,(H,21,22,24). The Labute approximate surface area is 156 Å². The predicted molar refractivity (Wildman–Crippen MR) is 104 cm³/mol. The third-order valence-electron chi connectivity index (χ3n) is 3.74. The molecule has 0 unspecified atom stereocenters. The lowest BCUT2D eigenvalue weighted by Crippen LogP contribution is -2.27. The van der Waals surface area contributed by atoms with Crippen LogP contribution in [-0.4, -0.2) is 21.6 Å². The topological polar surface area (TPSA) is 94.4 Å². The average molecular weight is 365 g/mol. The lowest BCUT2D eigenvalue weighted by atomic mass is 10.1. The molecule has 0 aliphatic heterocycles. The molecule has 1 heterocycles. The first-order valence-electron chi connectivity index (χ1n) is 8.38. The average Bonchev–Trinajstić information content (AvgIpc) is 2.60. The van der Waals surface area contributed by atoms with E-state index in [1.807, 2.05) is 24.3 Å². The maximum Gasteiger partial charge on any atom is 0.413 e. The van der Waals surface area contributed by atoms with Gasteiger partial charge in [-0.25, -0.2) is 9.78 Å². The highest BCUT2D eigenvalue weighted by Gasteiger charge is 2.20. The Balaban J connectivity index is 2.12. The van der Waals surface area contributed by atoms with Crippen molar-refractivity contribution < 1.29 is 14.5 Å². The number of carbonyl (C=O) groups excluding carboxylic acids is 1. The number of anilines is 1. The van der Waals surface area contributed by atoms with E-state index in [0.717, 1.165) is 5.39 Å². The molecule has 0 bridgehead atoms. The van der Waals surface area contributed by atoms with E-state index in [0.29, 0.717) is 16.6 Å². The number of hydrogen-bond acceptors (Lipinski definition) is 5. The largest absolute Gasteiger partial charge is 0.444 e. The molecule has 0 atom stereocenters. The van der Waals surface area contributed by atoms with Gasteiger partial charge in [-0.15, -0.1) is 0 Å². The predicted octanol–water partition coefficient (Wildman–Crippen LogP) is 5.16. The fraction of sp³-hybridized carbons (Fsp3) is 0.200. The Morgan fingerprint density at radius 3 is 2.48 bits per heavy atom. The number of para-hydroxylation sites is 1. The number of hydrogen-bond donors (Lipinski definition) is 1. The summed E-state index contributed by atoms with van der Waals surface area (Å²) in [4.78, 5) is 27.6. The summed E-state index contributed by atoms with van der Waals surface area (Å²) in [5.74, 6) is 0.288. The van der Waals surface area contributed by atoms with Gasteiger partial charge in [-0.2, -0.15) is 0 Å². The summed E-state index contributed by atoms with van der Waals surface area (Å²) in [6.45, 7) is 5.30. The molecule has 0 spiro atoms. The van der Waals surface area contributed by atoms with Crippen LogP contribution in [0.4, 0.5) is 16.3 Å². The van der Waals surface area contributed by atoms with Gasteiger partial charge in [0.15, 0.2) is 0 Å². The highest BCUT2D eigenvalue weighted by Crippen LogP contribution is 2.33. The van der Waals surface area contributed by atoms with Crippen LogP contribution in [0.5, 0.6) is 0 Å². The second-order valence-corrected chi connectivity index (χ2v) is 6.98. The molecule has 2 aromatic carbocycles. The fourth-order valence-corrected chi connectivity index (χ4v) is 2.68. The number of benzene rings is 2. The normalized spacial score (nSPS) is 11.2. The van der Waals surface area contributed by atoms with E-state index in [9.17, 15) is 14.9 Å². The van der Waals surface area contributed by atoms with Gasteiger partial charge >= 0.3 is 6.09 Å². The van der Waals surface area contributed by atoms with Crippen molar-refractivity contribution >= 4 is 28.4 Å². The molecule has 1 amide bonds. The SMILES string of the molecule is CC(C)(C)OC(=O)Nc1nc(-c2ccccc2[N+](=O)[O-])cc2ccccc12. The van der Waals surface area contributed by atoms with E-state index in [-0.39, 0.29) is 11.5 Å². The van der Waals surface area contributed by atoms with Crippen LogP contribution >= 0.6 is 0 Å². The highest BCUT2D eigenvalue weighted by molar-refractivity contribution is 6.00. The molecule has 0 saturated carbocycles. The molecule has 0 aliphatic rings. The maximum absolute atomic E-state index is 12.2. The van der Waals surface area contributed by atoms with Gasteiger partial charge < -0.3 is 4.74 Å². The Morgan fingerprint density at radius 1 is 1.11 bits per heavy atom. The van der Waals surface area contributed by atoms with Crippen molar-refractivity contribution in [2.45, 2.75) is 26.4 Å². The second kappa shape index (κ2) is 7.03. The van der Waals surface area contributed by atoms with Crippen LogP contribution in [0, 0.1) is 10.1 Å². The maximum atomic E-state index is 12.2. The Kier molecular flexibility index (Phi) is 4.77. The van der Waals surface area contributed by atoms with Crippen molar-refractivity contribution in [1.82, 2.24) is 4.98 Å². The van der Waals surface area contributed by atoms with Gasteiger partial charge in [0.05, 0.1) is 16.2 Å². The minimum Gasteiger partial charge on any atom is -0.444 e. The summed E-state index contributed by atoms with van der Waals surface area (Å²) in [7, 11) is 0. The summed E-state index contributed by atoms with van der Waals surface area (Å²) in [6, 6.07) is 15.5.